The molecule has 1 unspecified atom stereocenters. The molecule has 2 nitrogen and oxygen atoms in total. The molecule has 1 fully saturated rings. The molecular weight excluding hydrogens is 200 g/mol. The summed E-state index contributed by atoms with van der Waals surface area (Å²) < 4.78 is 0. The second kappa shape index (κ2) is 4.69. The molecular formula is C14H18O2. The topological polar surface area (TPSA) is 37.3 Å². The van der Waals surface area contributed by atoms with E-state index in [9.17, 15) is 9.90 Å². The molecule has 0 spiro atoms. The quantitative estimate of drug-likeness (QED) is 0.822. The average molecular weight is 218 g/mol. The maximum absolute atomic E-state index is 11.2. The highest BCUT2D eigenvalue weighted by Gasteiger charge is 2.26. The molecule has 1 N–H and O–H groups in total. The summed E-state index contributed by atoms with van der Waals surface area (Å²) >= 11 is 0. The van der Waals surface area contributed by atoms with Crippen LogP contribution >= 0.6 is 0 Å². The van der Waals surface area contributed by atoms with Crippen LogP contribution in [0.5, 0.6) is 0 Å². The van der Waals surface area contributed by atoms with E-state index in [0.717, 1.165) is 24.3 Å². The molecule has 1 saturated carbocycles. The van der Waals surface area contributed by atoms with Crippen LogP contribution in [0, 0.1) is 12.8 Å². The summed E-state index contributed by atoms with van der Waals surface area (Å²) in [4.78, 5) is 11.2. The Balaban J connectivity index is 2.04. The molecule has 2 heteroatoms. The number of carboxylic acids is 1. The van der Waals surface area contributed by atoms with Gasteiger partial charge < -0.3 is 5.11 Å². The van der Waals surface area contributed by atoms with E-state index in [1.54, 1.807) is 0 Å². The maximum Gasteiger partial charge on any atom is 0.310 e. The lowest BCUT2D eigenvalue weighted by Gasteiger charge is -2.12. The molecule has 1 atom stereocenters. The first-order valence-electron chi connectivity index (χ1n) is 5.96. The van der Waals surface area contributed by atoms with Gasteiger partial charge in [0.15, 0.2) is 0 Å². The predicted molar refractivity (Wildman–Crippen MR) is 63.5 cm³/mol. The molecule has 2 rings (SSSR count). The number of rotatable bonds is 5. The summed E-state index contributed by atoms with van der Waals surface area (Å²) in [5.41, 5.74) is 2.12. The fourth-order valence-electron chi connectivity index (χ4n) is 2.04. The van der Waals surface area contributed by atoms with Crippen LogP contribution in [-0.2, 0) is 4.79 Å². The standard InChI is InChI=1S/C14H18O2/c1-10-2-7-12(8-3-10)13(14(15)16)9-6-11-4-5-11/h2-3,7-8,11,13H,4-6,9H2,1H3,(H,15,16). The van der Waals surface area contributed by atoms with Gasteiger partial charge in [-0.25, -0.2) is 0 Å². The van der Waals surface area contributed by atoms with Crippen LogP contribution in [0.2, 0.25) is 0 Å². The first-order chi connectivity index (χ1) is 7.66. The van der Waals surface area contributed by atoms with Crippen molar-refractivity contribution in [2.24, 2.45) is 5.92 Å². The summed E-state index contributed by atoms with van der Waals surface area (Å²) in [6, 6.07) is 7.87. The normalized spacial score (nSPS) is 17.1. The first-order valence-corrected chi connectivity index (χ1v) is 5.96. The van der Waals surface area contributed by atoms with Gasteiger partial charge in [0, 0.05) is 0 Å². The third-order valence-electron chi connectivity index (χ3n) is 3.34. The van der Waals surface area contributed by atoms with Crippen molar-refractivity contribution in [1.82, 2.24) is 0 Å². The Morgan fingerprint density at radius 3 is 2.50 bits per heavy atom. The molecule has 1 aliphatic rings. The van der Waals surface area contributed by atoms with Crippen molar-refractivity contribution in [3.8, 4) is 0 Å². The van der Waals surface area contributed by atoms with Gasteiger partial charge in [-0.2, -0.15) is 0 Å². The van der Waals surface area contributed by atoms with Crippen LogP contribution in [0.15, 0.2) is 24.3 Å². The van der Waals surface area contributed by atoms with Gasteiger partial charge in [0.1, 0.15) is 0 Å². The second-order valence-electron chi connectivity index (χ2n) is 4.82. The van der Waals surface area contributed by atoms with Crippen LogP contribution in [-0.4, -0.2) is 11.1 Å². The molecule has 0 radical (unpaired) electrons. The minimum Gasteiger partial charge on any atom is -0.481 e. The van der Waals surface area contributed by atoms with E-state index >= 15 is 0 Å². The van der Waals surface area contributed by atoms with Crippen molar-refractivity contribution in [3.63, 3.8) is 0 Å². The molecule has 0 bridgehead atoms. The number of benzene rings is 1. The molecule has 0 heterocycles. The number of carboxylic acid groups (broad SMARTS) is 1. The Morgan fingerprint density at radius 2 is 2.00 bits per heavy atom. The van der Waals surface area contributed by atoms with Gasteiger partial charge >= 0.3 is 5.97 Å². The van der Waals surface area contributed by atoms with E-state index in [1.165, 1.54) is 18.4 Å². The number of carbonyl (C=O) groups is 1. The Labute approximate surface area is 96.3 Å². The highest BCUT2D eigenvalue weighted by molar-refractivity contribution is 5.76. The summed E-state index contributed by atoms with van der Waals surface area (Å²) in [7, 11) is 0. The lowest BCUT2D eigenvalue weighted by molar-refractivity contribution is -0.139. The monoisotopic (exact) mass is 218 g/mol. The molecule has 0 saturated heterocycles. The van der Waals surface area contributed by atoms with E-state index in [1.807, 2.05) is 31.2 Å². The Kier molecular flexibility index (Phi) is 3.28. The van der Waals surface area contributed by atoms with Crippen molar-refractivity contribution < 1.29 is 9.90 Å². The molecule has 0 aliphatic heterocycles. The van der Waals surface area contributed by atoms with Crippen molar-refractivity contribution >= 4 is 5.97 Å². The first kappa shape index (κ1) is 11.2. The van der Waals surface area contributed by atoms with E-state index in [4.69, 9.17) is 0 Å². The lowest BCUT2D eigenvalue weighted by atomic mass is 9.93. The number of hydrogen-bond donors (Lipinski definition) is 1. The number of hydrogen-bond acceptors (Lipinski definition) is 1. The molecule has 0 aromatic heterocycles. The second-order valence-corrected chi connectivity index (χ2v) is 4.82. The summed E-state index contributed by atoms with van der Waals surface area (Å²) in [5.74, 6) is -0.210. The van der Waals surface area contributed by atoms with Crippen LogP contribution in [0.4, 0.5) is 0 Å². The highest BCUT2D eigenvalue weighted by atomic mass is 16.4. The highest BCUT2D eigenvalue weighted by Crippen LogP contribution is 2.36. The fraction of sp³-hybridized carbons (Fsp3) is 0.500. The number of aliphatic carboxylic acids is 1. The van der Waals surface area contributed by atoms with Gasteiger partial charge in [0.25, 0.3) is 0 Å². The van der Waals surface area contributed by atoms with Crippen LogP contribution in [0.1, 0.15) is 42.7 Å². The SMILES string of the molecule is Cc1ccc(C(CCC2CC2)C(=O)O)cc1. The van der Waals surface area contributed by atoms with Crippen molar-refractivity contribution in [2.75, 3.05) is 0 Å². The van der Waals surface area contributed by atoms with Gasteiger partial charge in [0.05, 0.1) is 5.92 Å². The summed E-state index contributed by atoms with van der Waals surface area (Å²) in [6.07, 6.45) is 4.42. The zero-order valence-electron chi connectivity index (χ0n) is 9.65. The lowest BCUT2D eigenvalue weighted by Crippen LogP contribution is -2.11. The Morgan fingerprint density at radius 1 is 1.38 bits per heavy atom. The van der Waals surface area contributed by atoms with Gasteiger partial charge in [-0.15, -0.1) is 0 Å². The van der Waals surface area contributed by atoms with Crippen LogP contribution in [0.3, 0.4) is 0 Å². The Bertz CT molecular complexity index is 363. The maximum atomic E-state index is 11.2. The zero-order chi connectivity index (χ0) is 11.5. The third kappa shape index (κ3) is 2.84. The minimum atomic E-state index is -0.690. The summed E-state index contributed by atoms with van der Waals surface area (Å²) in [5, 5.41) is 9.23. The van der Waals surface area contributed by atoms with Crippen LogP contribution in [0.25, 0.3) is 0 Å². The predicted octanol–water partition coefficient (Wildman–Crippen LogP) is 3.35. The molecule has 1 aliphatic carbocycles. The van der Waals surface area contributed by atoms with Gasteiger partial charge in [-0.05, 0) is 31.2 Å². The Hall–Kier alpha value is -1.31. The van der Waals surface area contributed by atoms with Gasteiger partial charge in [-0.3, -0.25) is 4.79 Å². The summed E-state index contributed by atoms with van der Waals surface area (Å²) in [6.45, 7) is 2.02. The minimum absolute atomic E-state index is 0.318. The third-order valence-corrected chi connectivity index (χ3v) is 3.34. The average Bonchev–Trinajstić information content (AvgIpc) is 3.04. The molecule has 86 valence electrons. The fourth-order valence-corrected chi connectivity index (χ4v) is 2.04. The van der Waals surface area contributed by atoms with Crippen molar-refractivity contribution in [1.29, 1.82) is 0 Å². The van der Waals surface area contributed by atoms with Crippen molar-refractivity contribution in [2.45, 2.75) is 38.5 Å². The largest absolute Gasteiger partial charge is 0.481 e. The van der Waals surface area contributed by atoms with Gasteiger partial charge in [-0.1, -0.05) is 42.7 Å². The van der Waals surface area contributed by atoms with Crippen molar-refractivity contribution in [3.05, 3.63) is 35.4 Å². The molecule has 0 amide bonds. The van der Waals surface area contributed by atoms with E-state index in [-0.39, 0.29) is 5.92 Å². The van der Waals surface area contributed by atoms with Crippen LogP contribution < -0.4 is 0 Å². The van der Waals surface area contributed by atoms with E-state index < -0.39 is 5.97 Å². The molecule has 1 aromatic rings. The molecule has 16 heavy (non-hydrogen) atoms. The smallest absolute Gasteiger partial charge is 0.310 e. The number of aryl methyl sites for hydroxylation is 1. The molecule has 1 aromatic carbocycles. The van der Waals surface area contributed by atoms with E-state index in [2.05, 4.69) is 0 Å². The zero-order valence-corrected chi connectivity index (χ0v) is 9.65. The van der Waals surface area contributed by atoms with E-state index in [0.29, 0.717) is 0 Å². The van der Waals surface area contributed by atoms with Gasteiger partial charge in [0.2, 0.25) is 0 Å².